The molecule has 1 aromatic heterocycles. The lowest BCUT2D eigenvalue weighted by atomic mass is 10.1. The fourth-order valence-corrected chi connectivity index (χ4v) is 2.59. The summed E-state index contributed by atoms with van der Waals surface area (Å²) in [6, 6.07) is 7.77. The fraction of sp³-hybridized carbons (Fsp3) is 0.286. The standard InChI is InChI=1S/C14H15BrN2O/c1-4-12-9(2)16-14(17-13(12)15)10-6-5-7-11(8-10)18-3/h5-8H,4H2,1-3H3. The Bertz CT molecular complexity index is 546. The molecule has 0 amide bonds. The van der Waals surface area contributed by atoms with Gasteiger partial charge in [0.05, 0.1) is 7.11 Å². The maximum atomic E-state index is 5.21. The first-order chi connectivity index (χ1) is 8.65. The summed E-state index contributed by atoms with van der Waals surface area (Å²) in [6.07, 6.45) is 0.921. The molecule has 2 rings (SSSR count). The summed E-state index contributed by atoms with van der Waals surface area (Å²) in [6.45, 7) is 4.11. The van der Waals surface area contributed by atoms with Gasteiger partial charge >= 0.3 is 0 Å². The van der Waals surface area contributed by atoms with Gasteiger partial charge in [-0.05, 0) is 41.4 Å². The Morgan fingerprint density at radius 2 is 2.06 bits per heavy atom. The third-order valence-corrected chi connectivity index (χ3v) is 3.50. The van der Waals surface area contributed by atoms with Crippen LogP contribution in [0.3, 0.4) is 0 Å². The molecule has 0 saturated carbocycles. The van der Waals surface area contributed by atoms with E-state index < -0.39 is 0 Å². The van der Waals surface area contributed by atoms with Crippen LogP contribution in [0.15, 0.2) is 28.9 Å². The van der Waals surface area contributed by atoms with Crippen LogP contribution in [-0.2, 0) is 6.42 Å². The summed E-state index contributed by atoms with van der Waals surface area (Å²) in [5.74, 6) is 1.53. The van der Waals surface area contributed by atoms with Crippen molar-refractivity contribution in [1.29, 1.82) is 0 Å². The number of aromatic nitrogens is 2. The Labute approximate surface area is 115 Å². The highest BCUT2D eigenvalue weighted by Crippen LogP contribution is 2.25. The largest absolute Gasteiger partial charge is 0.497 e. The quantitative estimate of drug-likeness (QED) is 0.809. The van der Waals surface area contributed by atoms with Gasteiger partial charge in [-0.2, -0.15) is 0 Å². The number of ether oxygens (including phenoxy) is 1. The predicted molar refractivity (Wildman–Crippen MR) is 75.8 cm³/mol. The summed E-state index contributed by atoms with van der Waals surface area (Å²) in [5.41, 5.74) is 3.12. The SMILES string of the molecule is CCc1c(C)nc(-c2cccc(OC)c2)nc1Br. The Kier molecular flexibility index (Phi) is 3.97. The molecule has 1 aromatic carbocycles. The van der Waals surface area contributed by atoms with Gasteiger partial charge in [0.25, 0.3) is 0 Å². The monoisotopic (exact) mass is 306 g/mol. The fourth-order valence-electron chi connectivity index (χ4n) is 1.85. The molecule has 0 atom stereocenters. The number of rotatable bonds is 3. The van der Waals surface area contributed by atoms with E-state index in [9.17, 15) is 0 Å². The lowest BCUT2D eigenvalue weighted by Gasteiger charge is -2.08. The van der Waals surface area contributed by atoms with E-state index in [0.717, 1.165) is 39.4 Å². The molecule has 0 aliphatic carbocycles. The van der Waals surface area contributed by atoms with Crippen LogP contribution in [0.1, 0.15) is 18.2 Å². The second-order valence-corrected chi connectivity index (χ2v) is 4.74. The van der Waals surface area contributed by atoms with Crippen LogP contribution >= 0.6 is 15.9 Å². The van der Waals surface area contributed by atoms with Gasteiger partial charge in [-0.15, -0.1) is 0 Å². The van der Waals surface area contributed by atoms with Crippen molar-refractivity contribution in [3.8, 4) is 17.1 Å². The first-order valence-corrected chi connectivity index (χ1v) is 6.62. The number of hydrogen-bond acceptors (Lipinski definition) is 3. The maximum Gasteiger partial charge on any atom is 0.160 e. The number of aryl methyl sites for hydroxylation is 1. The van der Waals surface area contributed by atoms with Crippen LogP contribution < -0.4 is 4.74 Å². The Balaban J connectivity index is 2.51. The van der Waals surface area contributed by atoms with E-state index in [0.29, 0.717) is 0 Å². The predicted octanol–water partition coefficient (Wildman–Crippen LogP) is 3.79. The van der Waals surface area contributed by atoms with Crippen molar-refractivity contribution in [2.24, 2.45) is 0 Å². The van der Waals surface area contributed by atoms with E-state index in [-0.39, 0.29) is 0 Å². The first kappa shape index (κ1) is 13.0. The van der Waals surface area contributed by atoms with Gasteiger partial charge in [0.1, 0.15) is 10.4 Å². The Morgan fingerprint density at radius 3 is 2.67 bits per heavy atom. The molecule has 2 aromatic rings. The molecule has 0 fully saturated rings. The molecule has 3 nitrogen and oxygen atoms in total. The van der Waals surface area contributed by atoms with Crippen LogP contribution in [0, 0.1) is 6.92 Å². The van der Waals surface area contributed by atoms with E-state index in [1.54, 1.807) is 7.11 Å². The Hall–Kier alpha value is -1.42. The van der Waals surface area contributed by atoms with Gasteiger partial charge in [0.2, 0.25) is 0 Å². The third-order valence-electron chi connectivity index (χ3n) is 2.84. The highest BCUT2D eigenvalue weighted by molar-refractivity contribution is 9.10. The molecular weight excluding hydrogens is 292 g/mol. The molecular formula is C14H15BrN2O. The summed E-state index contributed by atoms with van der Waals surface area (Å²) in [7, 11) is 1.65. The second kappa shape index (κ2) is 5.48. The van der Waals surface area contributed by atoms with Gasteiger partial charge < -0.3 is 4.74 Å². The second-order valence-electron chi connectivity index (χ2n) is 3.99. The molecule has 4 heteroatoms. The van der Waals surface area contributed by atoms with Crippen molar-refractivity contribution in [3.63, 3.8) is 0 Å². The van der Waals surface area contributed by atoms with Crippen LogP contribution in [0.2, 0.25) is 0 Å². The summed E-state index contributed by atoms with van der Waals surface area (Å²) < 4.78 is 6.09. The first-order valence-electron chi connectivity index (χ1n) is 5.83. The molecule has 0 bridgehead atoms. The van der Waals surface area contributed by atoms with Crippen molar-refractivity contribution in [3.05, 3.63) is 40.1 Å². The normalized spacial score (nSPS) is 10.4. The molecule has 0 unspecified atom stereocenters. The average Bonchev–Trinajstić information content (AvgIpc) is 2.38. The van der Waals surface area contributed by atoms with Crippen molar-refractivity contribution in [2.75, 3.05) is 7.11 Å². The molecule has 0 spiro atoms. The van der Waals surface area contributed by atoms with Gasteiger partial charge in [0, 0.05) is 16.8 Å². The van der Waals surface area contributed by atoms with Crippen LogP contribution in [0.5, 0.6) is 5.75 Å². The zero-order valence-electron chi connectivity index (χ0n) is 10.7. The molecule has 0 N–H and O–H groups in total. The summed E-state index contributed by atoms with van der Waals surface area (Å²) in [4.78, 5) is 9.05. The van der Waals surface area contributed by atoms with Crippen molar-refractivity contribution >= 4 is 15.9 Å². The third kappa shape index (κ3) is 2.53. The van der Waals surface area contributed by atoms with Crippen molar-refractivity contribution in [2.45, 2.75) is 20.3 Å². The van der Waals surface area contributed by atoms with E-state index in [1.165, 1.54) is 0 Å². The van der Waals surface area contributed by atoms with Gasteiger partial charge in [-0.3, -0.25) is 0 Å². The molecule has 0 saturated heterocycles. The summed E-state index contributed by atoms with van der Waals surface area (Å²) >= 11 is 3.51. The lowest BCUT2D eigenvalue weighted by Crippen LogP contribution is -1.99. The molecule has 0 aliphatic heterocycles. The molecule has 0 aliphatic rings. The molecule has 18 heavy (non-hydrogen) atoms. The average molecular weight is 307 g/mol. The number of hydrogen-bond donors (Lipinski definition) is 0. The van der Waals surface area contributed by atoms with Crippen LogP contribution in [-0.4, -0.2) is 17.1 Å². The van der Waals surface area contributed by atoms with Crippen LogP contribution in [0.4, 0.5) is 0 Å². The zero-order valence-corrected chi connectivity index (χ0v) is 12.3. The van der Waals surface area contributed by atoms with E-state index in [4.69, 9.17) is 4.74 Å². The van der Waals surface area contributed by atoms with E-state index >= 15 is 0 Å². The highest BCUT2D eigenvalue weighted by Gasteiger charge is 2.10. The smallest absolute Gasteiger partial charge is 0.160 e. The lowest BCUT2D eigenvalue weighted by molar-refractivity contribution is 0.415. The van der Waals surface area contributed by atoms with E-state index in [2.05, 4.69) is 32.8 Å². The topological polar surface area (TPSA) is 35.0 Å². The number of benzene rings is 1. The maximum absolute atomic E-state index is 5.21. The number of nitrogens with zero attached hydrogens (tertiary/aromatic N) is 2. The van der Waals surface area contributed by atoms with Crippen LogP contribution in [0.25, 0.3) is 11.4 Å². The van der Waals surface area contributed by atoms with E-state index in [1.807, 2.05) is 31.2 Å². The van der Waals surface area contributed by atoms with Gasteiger partial charge in [-0.1, -0.05) is 19.1 Å². The zero-order chi connectivity index (χ0) is 13.1. The Morgan fingerprint density at radius 1 is 1.28 bits per heavy atom. The minimum Gasteiger partial charge on any atom is -0.497 e. The highest BCUT2D eigenvalue weighted by atomic mass is 79.9. The molecule has 94 valence electrons. The minimum absolute atomic E-state index is 0.718. The molecule has 0 radical (unpaired) electrons. The van der Waals surface area contributed by atoms with Gasteiger partial charge in [0.15, 0.2) is 5.82 Å². The van der Waals surface area contributed by atoms with Crippen molar-refractivity contribution < 1.29 is 4.74 Å². The molecule has 1 heterocycles. The number of methoxy groups -OCH3 is 1. The number of halogens is 1. The van der Waals surface area contributed by atoms with Gasteiger partial charge in [-0.25, -0.2) is 9.97 Å². The van der Waals surface area contributed by atoms with Crippen molar-refractivity contribution in [1.82, 2.24) is 9.97 Å². The summed E-state index contributed by atoms with van der Waals surface area (Å²) in [5, 5.41) is 0. The minimum atomic E-state index is 0.718.